The molecule has 0 spiro atoms. The zero-order chi connectivity index (χ0) is 23.9. The summed E-state index contributed by atoms with van der Waals surface area (Å²) < 4.78 is 6.25. The van der Waals surface area contributed by atoms with E-state index in [4.69, 9.17) is 4.74 Å². The lowest BCUT2D eigenvalue weighted by molar-refractivity contribution is -0.151. The average Bonchev–Trinajstić information content (AvgIpc) is 2.89. The van der Waals surface area contributed by atoms with E-state index in [1.165, 1.54) is 0 Å². The number of amides is 1. The number of hydrogen-bond acceptors (Lipinski definition) is 4. The van der Waals surface area contributed by atoms with Crippen LogP contribution in [0.4, 0.5) is 11.4 Å². The number of allylic oxidation sites excluding steroid dienone is 2. The minimum Gasteiger partial charge on any atom is -0.457 e. The fourth-order valence-corrected chi connectivity index (χ4v) is 4.30. The largest absolute Gasteiger partial charge is 0.457 e. The highest BCUT2D eigenvalue weighted by molar-refractivity contribution is 9.10. The van der Waals surface area contributed by atoms with Crippen molar-refractivity contribution in [2.75, 3.05) is 11.5 Å². The Labute approximate surface area is 207 Å². The van der Waals surface area contributed by atoms with Gasteiger partial charge in [-0.05, 0) is 49.2 Å². The SMILES string of the molecule is O=C(COC(=O)C1CC=CCC1C(=O)N(c1ccccc1)c1ccccc1)c1ccc(Br)cc1. The molecule has 5 nitrogen and oxygen atoms in total. The molecule has 1 aliphatic carbocycles. The van der Waals surface area contributed by atoms with E-state index >= 15 is 0 Å². The second-order valence-corrected chi connectivity index (χ2v) is 8.95. The van der Waals surface area contributed by atoms with Gasteiger partial charge in [-0.3, -0.25) is 19.3 Å². The molecular weight excluding hydrogens is 494 g/mol. The lowest BCUT2D eigenvalue weighted by Gasteiger charge is -2.32. The topological polar surface area (TPSA) is 63.7 Å². The van der Waals surface area contributed by atoms with Crippen molar-refractivity contribution in [2.24, 2.45) is 11.8 Å². The fraction of sp³-hybridized carbons (Fsp3) is 0.179. The van der Waals surface area contributed by atoms with Gasteiger partial charge in [0.1, 0.15) is 0 Å². The number of benzene rings is 3. The standard InChI is InChI=1S/C28H24BrNO4/c29-21-17-15-20(16-18-21)26(31)19-34-28(33)25-14-8-7-13-24(25)27(32)30(22-9-3-1-4-10-22)23-11-5-2-6-12-23/h1-12,15-18,24-25H,13-14,19H2. The average molecular weight is 518 g/mol. The summed E-state index contributed by atoms with van der Waals surface area (Å²) in [5, 5.41) is 0. The number of ether oxygens (including phenoxy) is 1. The van der Waals surface area contributed by atoms with Gasteiger partial charge >= 0.3 is 5.97 Å². The summed E-state index contributed by atoms with van der Waals surface area (Å²) in [5.41, 5.74) is 1.92. The van der Waals surface area contributed by atoms with Crippen LogP contribution in [0.1, 0.15) is 23.2 Å². The van der Waals surface area contributed by atoms with Crippen LogP contribution in [0.2, 0.25) is 0 Å². The maximum absolute atomic E-state index is 13.8. The van der Waals surface area contributed by atoms with Gasteiger partial charge in [-0.2, -0.15) is 0 Å². The number of rotatable bonds is 7. The molecule has 0 saturated carbocycles. The zero-order valence-electron chi connectivity index (χ0n) is 18.5. The van der Waals surface area contributed by atoms with E-state index in [-0.39, 0.29) is 18.3 Å². The van der Waals surface area contributed by atoms with Crippen molar-refractivity contribution in [1.29, 1.82) is 0 Å². The van der Waals surface area contributed by atoms with Crippen molar-refractivity contribution >= 4 is 45.0 Å². The molecule has 0 aromatic heterocycles. The normalized spacial score (nSPS) is 17.1. The van der Waals surface area contributed by atoms with Crippen LogP contribution in [0.25, 0.3) is 0 Å². The number of halogens is 1. The smallest absolute Gasteiger partial charge is 0.310 e. The second-order valence-electron chi connectivity index (χ2n) is 8.04. The molecular formula is C28H24BrNO4. The molecule has 0 saturated heterocycles. The van der Waals surface area contributed by atoms with Crippen LogP contribution in [0.3, 0.4) is 0 Å². The van der Waals surface area contributed by atoms with Crippen LogP contribution in [-0.2, 0) is 14.3 Å². The van der Waals surface area contributed by atoms with Crippen molar-refractivity contribution in [3.63, 3.8) is 0 Å². The first kappa shape index (κ1) is 23.6. The third kappa shape index (κ3) is 5.51. The zero-order valence-corrected chi connectivity index (χ0v) is 20.1. The molecule has 1 aliphatic rings. The third-order valence-electron chi connectivity index (χ3n) is 5.81. The number of ketones is 1. The monoisotopic (exact) mass is 517 g/mol. The maximum Gasteiger partial charge on any atom is 0.310 e. The predicted octanol–water partition coefficient (Wildman–Crippen LogP) is 6.12. The molecule has 0 heterocycles. The van der Waals surface area contributed by atoms with Crippen LogP contribution >= 0.6 is 15.9 Å². The highest BCUT2D eigenvalue weighted by Crippen LogP contribution is 2.34. The molecule has 2 atom stereocenters. The Morgan fingerprint density at radius 1 is 0.765 bits per heavy atom. The Bertz CT molecular complexity index is 1140. The van der Waals surface area contributed by atoms with Gasteiger partial charge in [0.2, 0.25) is 5.91 Å². The van der Waals surface area contributed by atoms with Gasteiger partial charge in [0, 0.05) is 21.4 Å². The molecule has 34 heavy (non-hydrogen) atoms. The summed E-state index contributed by atoms with van der Waals surface area (Å²) in [7, 11) is 0. The lowest BCUT2D eigenvalue weighted by atomic mass is 9.81. The summed E-state index contributed by atoms with van der Waals surface area (Å²) in [6, 6.07) is 25.6. The Balaban J connectivity index is 1.52. The maximum atomic E-state index is 13.8. The van der Waals surface area contributed by atoms with Crippen molar-refractivity contribution in [2.45, 2.75) is 12.8 Å². The van der Waals surface area contributed by atoms with E-state index in [2.05, 4.69) is 15.9 Å². The van der Waals surface area contributed by atoms with Crippen molar-refractivity contribution in [1.82, 2.24) is 0 Å². The molecule has 2 unspecified atom stereocenters. The number of para-hydroxylation sites is 2. The summed E-state index contributed by atoms with van der Waals surface area (Å²) in [6.07, 6.45) is 4.63. The minimum atomic E-state index is -0.662. The molecule has 1 amide bonds. The highest BCUT2D eigenvalue weighted by atomic mass is 79.9. The predicted molar refractivity (Wildman–Crippen MR) is 135 cm³/mol. The Hall–Kier alpha value is -3.51. The molecule has 0 bridgehead atoms. The summed E-state index contributed by atoms with van der Waals surface area (Å²) in [4.78, 5) is 40.9. The van der Waals surface area contributed by atoms with E-state index in [9.17, 15) is 14.4 Å². The van der Waals surface area contributed by atoms with E-state index < -0.39 is 17.8 Å². The molecule has 0 N–H and O–H groups in total. The molecule has 3 aromatic carbocycles. The van der Waals surface area contributed by atoms with Crippen LogP contribution in [0.15, 0.2) is 102 Å². The number of Topliss-reactive ketones (excluding diaryl/α,β-unsaturated/α-hetero) is 1. The Morgan fingerprint density at radius 3 is 1.85 bits per heavy atom. The number of anilines is 2. The second kappa shape index (κ2) is 11.1. The number of nitrogens with zero attached hydrogens (tertiary/aromatic N) is 1. The first-order chi connectivity index (χ1) is 16.5. The van der Waals surface area contributed by atoms with Crippen molar-refractivity contribution < 1.29 is 19.1 Å². The highest BCUT2D eigenvalue weighted by Gasteiger charge is 2.38. The lowest BCUT2D eigenvalue weighted by Crippen LogP contribution is -2.40. The first-order valence-corrected chi connectivity index (χ1v) is 11.9. The molecule has 3 aromatic rings. The van der Waals surface area contributed by atoms with Gasteiger partial charge in [0.15, 0.2) is 12.4 Å². The summed E-state index contributed by atoms with van der Waals surface area (Å²) in [6.45, 7) is -0.358. The van der Waals surface area contributed by atoms with Crippen LogP contribution in [0, 0.1) is 11.8 Å². The third-order valence-corrected chi connectivity index (χ3v) is 6.34. The molecule has 0 aliphatic heterocycles. The van der Waals surface area contributed by atoms with Crippen LogP contribution in [0.5, 0.6) is 0 Å². The number of carbonyl (C=O) groups excluding carboxylic acids is 3. The van der Waals surface area contributed by atoms with Gasteiger partial charge in [0.05, 0.1) is 11.8 Å². The molecule has 0 radical (unpaired) electrons. The van der Waals surface area contributed by atoms with Crippen LogP contribution in [-0.4, -0.2) is 24.3 Å². The van der Waals surface area contributed by atoms with Gasteiger partial charge in [0.25, 0.3) is 0 Å². The van der Waals surface area contributed by atoms with E-state index in [0.717, 1.165) is 15.8 Å². The molecule has 172 valence electrons. The number of carbonyl (C=O) groups is 3. The van der Waals surface area contributed by atoms with E-state index in [1.807, 2.05) is 72.8 Å². The molecule has 0 fully saturated rings. The van der Waals surface area contributed by atoms with Crippen molar-refractivity contribution in [3.8, 4) is 0 Å². The van der Waals surface area contributed by atoms with Crippen molar-refractivity contribution in [3.05, 3.63) is 107 Å². The Kier molecular flexibility index (Phi) is 7.70. The Morgan fingerprint density at radius 2 is 1.29 bits per heavy atom. The van der Waals surface area contributed by atoms with Gasteiger partial charge < -0.3 is 4.74 Å². The first-order valence-electron chi connectivity index (χ1n) is 11.1. The molecule has 6 heteroatoms. The van der Waals surface area contributed by atoms with Gasteiger partial charge in [-0.25, -0.2) is 0 Å². The van der Waals surface area contributed by atoms with E-state index in [0.29, 0.717) is 18.4 Å². The molecule has 4 rings (SSSR count). The minimum absolute atomic E-state index is 0.178. The van der Waals surface area contributed by atoms with E-state index in [1.54, 1.807) is 29.2 Å². The van der Waals surface area contributed by atoms with Gasteiger partial charge in [-0.1, -0.05) is 76.6 Å². The number of hydrogen-bond donors (Lipinski definition) is 0. The summed E-state index contributed by atoms with van der Waals surface area (Å²) >= 11 is 3.34. The number of esters is 1. The summed E-state index contributed by atoms with van der Waals surface area (Å²) in [5.74, 6) is -2.26. The quantitative estimate of drug-likeness (QED) is 0.215. The fourth-order valence-electron chi connectivity index (χ4n) is 4.03. The van der Waals surface area contributed by atoms with Gasteiger partial charge in [-0.15, -0.1) is 0 Å². The van der Waals surface area contributed by atoms with Crippen LogP contribution < -0.4 is 4.90 Å².